The maximum absolute atomic E-state index is 12.8. The molecule has 1 unspecified atom stereocenters. The molecule has 0 saturated carbocycles. The molecule has 0 amide bonds. The third kappa shape index (κ3) is 3.03. The van der Waals surface area contributed by atoms with Crippen LogP contribution >= 0.6 is 15.9 Å². The van der Waals surface area contributed by atoms with Crippen molar-refractivity contribution in [2.45, 2.75) is 13.0 Å². The van der Waals surface area contributed by atoms with Gasteiger partial charge in [-0.25, -0.2) is 9.37 Å². The molecule has 1 N–H and O–H groups in total. The molecule has 2 aromatic rings. The molecule has 2 rings (SSSR count). The third-order valence-electron chi connectivity index (χ3n) is 2.48. The zero-order chi connectivity index (χ0) is 12.3. The van der Waals surface area contributed by atoms with E-state index in [1.54, 1.807) is 18.3 Å². The lowest BCUT2D eigenvalue weighted by atomic mass is 10.1. The highest BCUT2D eigenvalue weighted by Gasteiger charge is 2.07. The van der Waals surface area contributed by atoms with Crippen molar-refractivity contribution in [1.82, 2.24) is 4.98 Å². The molecule has 0 aliphatic heterocycles. The number of nitrogens with one attached hydrogen (secondary N) is 1. The monoisotopic (exact) mass is 294 g/mol. The van der Waals surface area contributed by atoms with E-state index in [-0.39, 0.29) is 11.9 Å². The molecule has 0 radical (unpaired) electrons. The fourth-order valence-electron chi connectivity index (χ4n) is 1.53. The van der Waals surface area contributed by atoms with Gasteiger partial charge < -0.3 is 5.32 Å². The van der Waals surface area contributed by atoms with Crippen molar-refractivity contribution < 1.29 is 4.39 Å². The molecule has 1 aromatic heterocycles. The summed E-state index contributed by atoms with van der Waals surface area (Å²) >= 11 is 3.42. The molecule has 88 valence electrons. The van der Waals surface area contributed by atoms with Crippen molar-refractivity contribution in [3.63, 3.8) is 0 Å². The Balaban J connectivity index is 2.14. The summed E-state index contributed by atoms with van der Waals surface area (Å²) in [5.74, 6) is 0.560. The van der Waals surface area contributed by atoms with E-state index in [0.717, 1.165) is 15.9 Å². The zero-order valence-electron chi connectivity index (χ0n) is 9.32. The van der Waals surface area contributed by atoms with E-state index >= 15 is 0 Å². The first-order chi connectivity index (χ1) is 8.16. The van der Waals surface area contributed by atoms with Crippen LogP contribution in [0.2, 0.25) is 0 Å². The van der Waals surface area contributed by atoms with Crippen LogP contribution in [0.25, 0.3) is 0 Å². The van der Waals surface area contributed by atoms with Crippen LogP contribution in [0.1, 0.15) is 18.5 Å². The van der Waals surface area contributed by atoms with Crippen molar-refractivity contribution in [2.24, 2.45) is 0 Å². The lowest BCUT2D eigenvalue weighted by Gasteiger charge is -2.15. The Kier molecular flexibility index (Phi) is 3.74. The Hall–Kier alpha value is -1.42. The summed E-state index contributed by atoms with van der Waals surface area (Å²) in [5, 5.41) is 3.27. The molecule has 0 bridgehead atoms. The summed E-state index contributed by atoms with van der Waals surface area (Å²) in [6.07, 6.45) is 1.73. The molecule has 1 aromatic carbocycles. The average Bonchev–Trinajstić information content (AvgIpc) is 2.33. The van der Waals surface area contributed by atoms with E-state index in [0.29, 0.717) is 0 Å². The topological polar surface area (TPSA) is 24.9 Å². The molecule has 17 heavy (non-hydrogen) atoms. The maximum atomic E-state index is 12.8. The van der Waals surface area contributed by atoms with Gasteiger partial charge in [0, 0.05) is 12.2 Å². The van der Waals surface area contributed by atoms with E-state index < -0.39 is 0 Å². The van der Waals surface area contributed by atoms with Gasteiger partial charge in [-0.05, 0) is 52.7 Å². The van der Waals surface area contributed by atoms with Gasteiger partial charge in [0.2, 0.25) is 0 Å². The van der Waals surface area contributed by atoms with Gasteiger partial charge in [0.15, 0.2) is 0 Å². The second kappa shape index (κ2) is 5.27. The number of nitrogens with zero attached hydrogens (tertiary/aromatic N) is 1. The van der Waals surface area contributed by atoms with Crippen LogP contribution in [0.5, 0.6) is 0 Å². The van der Waals surface area contributed by atoms with Crippen molar-refractivity contribution in [1.29, 1.82) is 0 Å². The molecular formula is C13H12BrFN2. The molecule has 1 atom stereocenters. The van der Waals surface area contributed by atoms with Gasteiger partial charge in [-0.1, -0.05) is 12.1 Å². The lowest BCUT2D eigenvalue weighted by molar-refractivity contribution is 0.626. The van der Waals surface area contributed by atoms with Crippen molar-refractivity contribution in [3.8, 4) is 0 Å². The van der Waals surface area contributed by atoms with Crippen LogP contribution in [0.4, 0.5) is 10.2 Å². The van der Waals surface area contributed by atoms with E-state index in [1.807, 2.05) is 19.1 Å². The number of halogens is 2. The van der Waals surface area contributed by atoms with Crippen LogP contribution < -0.4 is 5.32 Å². The number of pyridine rings is 1. The van der Waals surface area contributed by atoms with Crippen LogP contribution in [0.3, 0.4) is 0 Å². The largest absolute Gasteiger partial charge is 0.363 e. The zero-order valence-corrected chi connectivity index (χ0v) is 10.9. The van der Waals surface area contributed by atoms with Crippen molar-refractivity contribution >= 4 is 21.7 Å². The van der Waals surface area contributed by atoms with Gasteiger partial charge >= 0.3 is 0 Å². The lowest BCUT2D eigenvalue weighted by Crippen LogP contribution is -2.08. The van der Waals surface area contributed by atoms with Gasteiger partial charge in [-0.2, -0.15) is 0 Å². The highest BCUT2D eigenvalue weighted by atomic mass is 79.9. The molecule has 1 heterocycles. The summed E-state index contributed by atoms with van der Waals surface area (Å²) in [6.45, 7) is 2.01. The first-order valence-corrected chi connectivity index (χ1v) is 6.08. The Morgan fingerprint density at radius 3 is 2.59 bits per heavy atom. The Bertz CT molecular complexity index is 499. The normalized spacial score (nSPS) is 12.2. The summed E-state index contributed by atoms with van der Waals surface area (Å²) in [5.41, 5.74) is 1.02. The molecule has 2 nitrogen and oxygen atoms in total. The highest BCUT2D eigenvalue weighted by molar-refractivity contribution is 9.10. The molecule has 0 aliphatic rings. The van der Waals surface area contributed by atoms with Crippen molar-refractivity contribution in [2.75, 3.05) is 5.32 Å². The van der Waals surface area contributed by atoms with Gasteiger partial charge in [0.05, 0.1) is 4.47 Å². The molecular weight excluding hydrogens is 283 g/mol. The quantitative estimate of drug-likeness (QED) is 0.919. The average molecular weight is 295 g/mol. The molecule has 0 saturated heterocycles. The number of anilines is 1. The summed E-state index contributed by atoms with van der Waals surface area (Å²) in [7, 11) is 0. The summed E-state index contributed by atoms with van der Waals surface area (Å²) in [4.78, 5) is 4.23. The first-order valence-electron chi connectivity index (χ1n) is 5.29. The number of benzene rings is 1. The number of hydrogen-bond acceptors (Lipinski definition) is 2. The summed E-state index contributed by atoms with van der Waals surface area (Å²) in [6, 6.07) is 10.3. The number of rotatable bonds is 3. The number of hydrogen-bond donors (Lipinski definition) is 1. The Morgan fingerprint density at radius 1 is 1.24 bits per heavy atom. The van der Waals surface area contributed by atoms with E-state index in [2.05, 4.69) is 26.2 Å². The minimum Gasteiger partial charge on any atom is -0.363 e. The second-order valence-electron chi connectivity index (χ2n) is 3.75. The summed E-state index contributed by atoms with van der Waals surface area (Å²) < 4.78 is 13.7. The Labute approximate surface area is 108 Å². The minimum atomic E-state index is -0.222. The predicted octanol–water partition coefficient (Wildman–Crippen LogP) is 4.16. The van der Waals surface area contributed by atoms with Gasteiger partial charge in [-0.3, -0.25) is 0 Å². The fraction of sp³-hybridized carbons (Fsp3) is 0.154. The second-order valence-corrected chi connectivity index (χ2v) is 4.61. The minimum absolute atomic E-state index is 0.0711. The van der Waals surface area contributed by atoms with E-state index in [9.17, 15) is 4.39 Å². The molecule has 4 heteroatoms. The maximum Gasteiger partial charge on any atom is 0.140 e. The molecule has 0 spiro atoms. The Morgan fingerprint density at radius 2 is 1.94 bits per heavy atom. The highest BCUT2D eigenvalue weighted by Crippen LogP contribution is 2.23. The third-order valence-corrected chi connectivity index (χ3v) is 3.12. The van der Waals surface area contributed by atoms with Crippen LogP contribution in [-0.4, -0.2) is 4.98 Å². The van der Waals surface area contributed by atoms with Crippen LogP contribution in [-0.2, 0) is 0 Å². The standard InChI is InChI=1S/C13H12BrFN2/c1-9(10-4-6-11(15)7-5-10)17-13-12(14)3-2-8-16-13/h2-9H,1H3,(H,16,17). The van der Waals surface area contributed by atoms with Gasteiger partial charge in [-0.15, -0.1) is 0 Å². The van der Waals surface area contributed by atoms with Crippen LogP contribution in [0.15, 0.2) is 47.1 Å². The number of aromatic nitrogens is 1. The van der Waals surface area contributed by atoms with E-state index in [1.165, 1.54) is 12.1 Å². The molecule has 0 aliphatic carbocycles. The fourth-order valence-corrected chi connectivity index (χ4v) is 1.90. The first kappa shape index (κ1) is 12.0. The van der Waals surface area contributed by atoms with Crippen LogP contribution in [0, 0.1) is 5.82 Å². The van der Waals surface area contributed by atoms with E-state index in [4.69, 9.17) is 0 Å². The van der Waals surface area contributed by atoms with Gasteiger partial charge in [0.25, 0.3) is 0 Å². The smallest absolute Gasteiger partial charge is 0.140 e. The molecule has 0 fully saturated rings. The van der Waals surface area contributed by atoms with Crippen molar-refractivity contribution in [3.05, 3.63) is 58.4 Å². The van der Waals surface area contributed by atoms with Gasteiger partial charge in [0.1, 0.15) is 11.6 Å². The predicted molar refractivity (Wildman–Crippen MR) is 70.4 cm³/mol. The SMILES string of the molecule is CC(Nc1ncccc1Br)c1ccc(F)cc1.